The van der Waals surface area contributed by atoms with Crippen LogP contribution in [0.25, 0.3) is 11.0 Å². The van der Waals surface area contributed by atoms with E-state index in [1.54, 1.807) is 36.4 Å². The molecule has 0 aliphatic heterocycles. The normalized spacial score (nSPS) is 12.0. The van der Waals surface area contributed by atoms with E-state index in [1.807, 2.05) is 0 Å². The van der Waals surface area contributed by atoms with Crippen molar-refractivity contribution in [2.75, 3.05) is 11.1 Å². The number of anilines is 1. The number of nitrogens with one attached hydrogen (secondary N) is 1. The lowest BCUT2D eigenvalue weighted by molar-refractivity contribution is -0.274. The summed E-state index contributed by atoms with van der Waals surface area (Å²) in [7, 11) is -4.02. The first-order chi connectivity index (χ1) is 16.5. The van der Waals surface area contributed by atoms with E-state index in [1.165, 1.54) is 24.3 Å². The molecule has 182 valence electrons. The molecule has 35 heavy (non-hydrogen) atoms. The summed E-state index contributed by atoms with van der Waals surface area (Å²) in [4.78, 5) is 16.9. The number of fused-ring (bicyclic) bond motifs is 1. The van der Waals surface area contributed by atoms with Crippen LogP contribution in [0.3, 0.4) is 0 Å². The second-order valence-corrected chi connectivity index (χ2v) is 10.7. The van der Waals surface area contributed by atoms with Crippen molar-refractivity contribution in [1.82, 2.24) is 8.96 Å². The van der Waals surface area contributed by atoms with E-state index in [9.17, 15) is 26.4 Å². The summed E-state index contributed by atoms with van der Waals surface area (Å²) in [5.74, 6) is -1.11. The van der Waals surface area contributed by atoms with Gasteiger partial charge in [-0.1, -0.05) is 39.8 Å². The molecule has 13 heteroatoms. The number of imidazole rings is 1. The number of alkyl halides is 3. The van der Waals surface area contributed by atoms with Gasteiger partial charge >= 0.3 is 6.36 Å². The Morgan fingerprint density at radius 3 is 2.34 bits per heavy atom. The van der Waals surface area contributed by atoms with Gasteiger partial charge in [0.25, 0.3) is 10.0 Å². The van der Waals surface area contributed by atoms with Crippen molar-refractivity contribution in [3.05, 3.63) is 77.3 Å². The molecule has 4 aromatic rings. The SMILES string of the molecule is O=C(CSc1nc2ccccc2n1S(=O)(=O)c1ccc(Br)cc1)Nc1ccc(OC(F)(F)F)cc1. The van der Waals surface area contributed by atoms with Crippen LogP contribution in [0.5, 0.6) is 5.75 Å². The first-order valence-electron chi connectivity index (χ1n) is 9.80. The first kappa shape index (κ1) is 25.1. The number of rotatable bonds is 7. The monoisotopic (exact) mass is 585 g/mol. The van der Waals surface area contributed by atoms with E-state index < -0.39 is 28.0 Å². The second-order valence-electron chi connectivity index (χ2n) is 7.02. The number of para-hydroxylation sites is 2. The van der Waals surface area contributed by atoms with Gasteiger partial charge in [0.15, 0.2) is 5.16 Å². The van der Waals surface area contributed by atoms with Gasteiger partial charge in [0.05, 0.1) is 21.7 Å². The summed E-state index contributed by atoms with van der Waals surface area (Å²) < 4.78 is 69.3. The molecular formula is C22H15BrF3N3O4S2. The third kappa shape index (κ3) is 5.97. The van der Waals surface area contributed by atoms with Crippen molar-refractivity contribution < 1.29 is 31.1 Å². The van der Waals surface area contributed by atoms with Gasteiger partial charge in [-0.3, -0.25) is 4.79 Å². The number of carbonyl (C=O) groups is 1. The van der Waals surface area contributed by atoms with Gasteiger partial charge in [-0.05, 0) is 60.7 Å². The predicted molar refractivity (Wildman–Crippen MR) is 129 cm³/mol. The van der Waals surface area contributed by atoms with Crippen molar-refractivity contribution in [3.63, 3.8) is 0 Å². The number of carbonyl (C=O) groups excluding carboxylic acids is 1. The Balaban J connectivity index is 1.54. The third-order valence-corrected chi connectivity index (χ3v) is 7.85. The molecule has 0 saturated carbocycles. The quantitative estimate of drug-likeness (QED) is 0.281. The maximum atomic E-state index is 13.4. The minimum Gasteiger partial charge on any atom is -0.406 e. The van der Waals surface area contributed by atoms with Crippen LogP contribution in [0.15, 0.2) is 87.3 Å². The molecule has 0 fully saturated rings. The van der Waals surface area contributed by atoms with Gasteiger partial charge in [-0.15, -0.1) is 13.2 Å². The minimum absolute atomic E-state index is 0.0521. The number of ether oxygens (including phenoxy) is 1. The minimum atomic E-state index is -4.82. The van der Waals surface area contributed by atoms with Gasteiger partial charge in [0.2, 0.25) is 5.91 Å². The van der Waals surface area contributed by atoms with Crippen LogP contribution in [0.4, 0.5) is 18.9 Å². The van der Waals surface area contributed by atoms with Crippen molar-refractivity contribution in [1.29, 1.82) is 0 Å². The lowest BCUT2D eigenvalue weighted by Crippen LogP contribution is -2.18. The predicted octanol–water partition coefficient (Wildman–Crippen LogP) is 5.67. The van der Waals surface area contributed by atoms with Crippen LogP contribution in [-0.2, 0) is 14.8 Å². The van der Waals surface area contributed by atoms with Crippen LogP contribution in [0, 0.1) is 0 Å². The first-order valence-corrected chi connectivity index (χ1v) is 13.0. The van der Waals surface area contributed by atoms with Gasteiger partial charge in [0.1, 0.15) is 5.75 Å². The maximum absolute atomic E-state index is 13.4. The smallest absolute Gasteiger partial charge is 0.406 e. The van der Waals surface area contributed by atoms with E-state index in [0.717, 1.165) is 32.3 Å². The van der Waals surface area contributed by atoms with E-state index in [-0.39, 0.29) is 21.5 Å². The summed E-state index contributed by atoms with van der Waals surface area (Å²) in [6.07, 6.45) is -4.82. The summed E-state index contributed by atoms with van der Waals surface area (Å²) >= 11 is 4.19. The third-order valence-electron chi connectivity index (χ3n) is 4.55. The highest BCUT2D eigenvalue weighted by molar-refractivity contribution is 9.10. The zero-order chi connectivity index (χ0) is 25.2. The Morgan fingerprint density at radius 1 is 1.03 bits per heavy atom. The summed E-state index contributed by atoms with van der Waals surface area (Å²) in [5.41, 5.74) is 1.05. The van der Waals surface area contributed by atoms with Crippen molar-refractivity contribution >= 4 is 60.3 Å². The summed E-state index contributed by atoms with van der Waals surface area (Å²) in [5, 5.41) is 2.64. The molecule has 1 amide bonds. The molecule has 3 aromatic carbocycles. The number of benzene rings is 3. The molecule has 0 unspecified atom stereocenters. The van der Waals surface area contributed by atoms with Gasteiger partial charge in [-0.2, -0.15) is 0 Å². The molecule has 0 aliphatic carbocycles. The number of hydrogen-bond donors (Lipinski definition) is 1. The number of thioether (sulfide) groups is 1. The van der Waals surface area contributed by atoms with Gasteiger partial charge in [0, 0.05) is 10.2 Å². The summed E-state index contributed by atoms with van der Waals surface area (Å²) in [6, 6.07) is 17.5. The molecule has 7 nitrogen and oxygen atoms in total. The van der Waals surface area contributed by atoms with Crippen LogP contribution in [-0.4, -0.2) is 35.4 Å². The van der Waals surface area contributed by atoms with E-state index in [0.29, 0.717) is 11.0 Å². The van der Waals surface area contributed by atoms with Crippen molar-refractivity contribution in [3.8, 4) is 5.75 Å². The number of aromatic nitrogens is 2. The molecule has 0 atom stereocenters. The fourth-order valence-electron chi connectivity index (χ4n) is 3.08. The Kier molecular flexibility index (Phi) is 7.10. The maximum Gasteiger partial charge on any atom is 0.573 e. The van der Waals surface area contributed by atoms with Gasteiger partial charge < -0.3 is 10.1 Å². The van der Waals surface area contributed by atoms with Crippen molar-refractivity contribution in [2.24, 2.45) is 0 Å². The van der Waals surface area contributed by atoms with E-state index in [2.05, 4.69) is 31.0 Å². The lowest BCUT2D eigenvalue weighted by Gasteiger charge is -2.11. The average Bonchev–Trinajstić information content (AvgIpc) is 3.18. The molecule has 0 aliphatic rings. The zero-order valence-electron chi connectivity index (χ0n) is 17.5. The highest BCUT2D eigenvalue weighted by atomic mass is 79.9. The molecule has 1 aromatic heterocycles. The van der Waals surface area contributed by atoms with Crippen LogP contribution >= 0.6 is 27.7 Å². The molecule has 0 saturated heterocycles. The molecule has 1 N–H and O–H groups in total. The highest BCUT2D eigenvalue weighted by Gasteiger charge is 2.31. The standard InChI is InChI=1S/C22H15BrF3N3O4S2/c23-14-5-11-17(12-6-14)35(31,32)29-19-4-2-1-3-18(19)28-21(29)34-13-20(30)27-15-7-9-16(10-8-15)33-22(24,25)26/h1-12H,13H2,(H,27,30). The molecule has 0 bridgehead atoms. The fraction of sp³-hybridized carbons (Fsp3) is 0.0909. The molecule has 0 spiro atoms. The average molecular weight is 586 g/mol. The largest absolute Gasteiger partial charge is 0.573 e. The Bertz CT molecular complexity index is 1470. The summed E-state index contributed by atoms with van der Waals surface area (Å²) in [6.45, 7) is 0. The van der Waals surface area contributed by atoms with Gasteiger partial charge in [-0.25, -0.2) is 17.4 Å². The molecule has 0 radical (unpaired) electrons. The lowest BCUT2D eigenvalue weighted by atomic mass is 10.3. The highest BCUT2D eigenvalue weighted by Crippen LogP contribution is 2.30. The second kappa shape index (κ2) is 9.91. The van der Waals surface area contributed by atoms with Crippen molar-refractivity contribution in [2.45, 2.75) is 16.4 Å². The van der Waals surface area contributed by atoms with E-state index in [4.69, 9.17) is 0 Å². The topological polar surface area (TPSA) is 90.3 Å². The van der Waals surface area contributed by atoms with Crippen LogP contribution in [0.1, 0.15) is 0 Å². The molecule has 1 heterocycles. The number of halogens is 4. The van der Waals surface area contributed by atoms with Crippen LogP contribution in [0.2, 0.25) is 0 Å². The Morgan fingerprint density at radius 2 is 1.69 bits per heavy atom. The van der Waals surface area contributed by atoms with E-state index >= 15 is 0 Å². The number of hydrogen-bond acceptors (Lipinski definition) is 6. The number of amides is 1. The fourth-order valence-corrected chi connectivity index (χ4v) is 5.86. The van der Waals surface area contributed by atoms with Crippen LogP contribution < -0.4 is 10.1 Å². The Labute approximate surface area is 210 Å². The Hall–Kier alpha value is -3.03. The zero-order valence-corrected chi connectivity index (χ0v) is 20.7. The molecular weight excluding hydrogens is 571 g/mol. The number of nitrogens with zero attached hydrogens (tertiary/aromatic N) is 2. The molecule has 4 rings (SSSR count).